The highest BCUT2D eigenvalue weighted by molar-refractivity contribution is 9.10. The monoisotopic (exact) mass is 525 g/mol. The van der Waals surface area contributed by atoms with Crippen LogP contribution in [0.5, 0.6) is 11.6 Å². The largest absolute Gasteiger partial charge is 0.435 e. The van der Waals surface area contributed by atoms with Crippen molar-refractivity contribution in [3.8, 4) is 11.6 Å². The molecule has 0 unspecified atom stereocenters. The van der Waals surface area contributed by atoms with Crippen LogP contribution in [0.15, 0.2) is 47.3 Å². The van der Waals surface area contributed by atoms with E-state index in [0.717, 1.165) is 44.1 Å². The predicted octanol–water partition coefficient (Wildman–Crippen LogP) is 5.24. The van der Waals surface area contributed by atoms with E-state index in [1.165, 1.54) is 6.33 Å². The highest BCUT2D eigenvalue weighted by atomic mass is 79.9. The van der Waals surface area contributed by atoms with Crippen molar-refractivity contribution in [2.24, 2.45) is 0 Å². The summed E-state index contributed by atoms with van der Waals surface area (Å²) in [6.07, 6.45) is 3.22. The maximum Gasteiger partial charge on any atom is 0.239 e. The van der Waals surface area contributed by atoms with Crippen molar-refractivity contribution >= 4 is 44.2 Å². The van der Waals surface area contributed by atoms with Crippen molar-refractivity contribution in [3.63, 3.8) is 0 Å². The van der Waals surface area contributed by atoms with E-state index in [1.54, 1.807) is 18.2 Å². The molecule has 0 radical (unpaired) electrons. The second kappa shape index (κ2) is 9.55. The summed E-state index contributed by atoms with van der Waals surface area (Å²) < 4.78 is 21.2. The molecule has 5 rings (SSSR count). The fourth-order valence-electron chi connectivity index (χ4n) is 4.07. The van der Waals surface area contributed by atoms with E-state index in [2.05, 4.69) is 57.9 Å². The Hall–Kier alpha value is -3.24. The molecule has 3 aromatic heterocycles. The summed E-state index contributed by atoms with van der Waals surface area (Å²) in [5, 5.41) is 3.65. The quantitative estimate of drug-likeness (QED) is 0.356. The van der Waals surface area contributed by atoms with Crippen LogP contribution in [0.3, 0.4) is 0 Å². The summed E-state index contributed by atoms with van der Waals surface area (Å²) in [5.74, 6) is 0.951. The number of H-pyrrole nitrogens is 1. The van der Waals surface area contributed by atoms with Gasteiger partial charge in [-0.15, -0.1) is 0 Å². The van der Waals surface area contributed by atoms with Gasteiger partial charge in [0.05, 0.1) is 11.9 Å². The van der Waals surface area contributed by atoms with Crippen LogP contribution in [0.4, 0.5) is 21.7 Å². The van der Waals surface area contributed by atoms with E-state index >= 15 is 0 Å². The van der Waals surface area contributed by atoms with Crippen molar-refractivity contribution in [3.05, 3.63) is 58.8 Å². The van der Waals surface area contributed by atoms with Gasteiger partial charge in [-0.3, -0.25) is 0 Å². The van der Waals surface area contributed by atoms with Gasteiger partial charge in [-0.1, -0.05) is 6.92 Å². The average Bonchev–Trinajstić information content (AvgIpc) is 3.25. The lowest BCUT2D eigenvalue weighted by atomic mass is 10.2. The molecule has 2 N–H and O–H groups in total. The number of aromatic nitrogens is 4. The number of benzene rings is 1. The Labute approximate surface area is 205 Å². The number of ether oxygens (including phenoxy) is 1. The lowest BCUT2D eigenvalue weighted by Gasteiger charge is -2.35. The van der Waals surface area contributed by atoms with Gasteiger partial charge in [0.2, 0.25) is 5.88 Å². The second-order valence-electron chi connectivity index (χ2n) is 8.18. The number of rotatable bonds is 6. The topological polar surface area (TPSA) is 82.2 Å². The fraction of sp³-hybridized carbons (Fsp3) is 0.292. The summed E-state index contributed by atoms with van der Waals surface area (Å²) in [6, 6.07) is 9.07. The zero-order chi connectivity index (χ0) is 23.7. The van der Waals surface area contributed by atoms with Crippen LogP contribution < -0.4 is 15.0 Å². The van der Waals surface area contributed by atoms with Gasteiger partial charge >= 0.3 is 0 Å². The Bertz CT molecular complexity index is 1300. The summed E-state index contributed by atoms with van der Waals surface area (Å²) in [5.41, 5.74) is 2.69. The third-order valence-corrected chi connectivity index (χ3v) is 6.69. The maximum absolute atomic E-state index is 14.9. The molecule has 0 atom stereocenters. The van der Waals surface area contributed by atoms with Crippen LogP contribution >= 0.6 is 15.9 Å². The SMILES string of the molecule is CCN1CCN(c2ccc(Nc3ncnc(Oc4ccc5[nH]c(C)cc5c4F)c3Br)nc2)CC1. The van der Waals surface area contributed by atoms with Crippen LogP contribution in [0.25, 0.3) is 10.9 Å². The van der Waals surface area contributed by atoms with Crippen LogP contribution in [0.1, 0.15) is 12.6 Å². The molecular formula is C24H25BrFN7O. The lowest BCUT2D eigenvalue weighted by molar-refractivity contribution is 0.271. The zero-order valence-corrected chi connectivity index (χ0v) is 20.6. The van der Waals surface area contributed by atoms with Crippen molar-refractivity contribution in [1.82, 2.24) is 24.8 Å². The third-order valence-electron chi connectivity index (χ3n) is 5.98. The lowest BCUT2D eigenvalue weighted by Crippen LogP contribution is -2.46. The van der Waals surface area contributed by atoms with Gasteiger partial charge in [0.15, 0.2) is 17.4 Å². The molecule has 176 valence electrons. The molecule has 0 saturated carbocycles. The van der Waals surface area contributed by atoms with E-state index in [0.29, 0.717) is 27.0 Å². The molecule has 1 aliphatic heterocycles. The first-order chi connectivity index (χ1) is 16.5. The normalized spacial score (nSPS) is 14.5. The highest BCUT2D eigenvalue weighted by Gasteiger charge is 2.18. The Morgan fingerprint density at radius 3 is 2.68 bits per heavy atom. The predicted molar refractivity (Wildman–Crippen MR) is 135 cm³/mol. The minimum absolute atomic E-state index is 0.0856. The number of halogens is 2. The number of hydrogen-bond acceptors (Lipinski definition) is 7. The molecule has 0 amide bonds. The van der Waals surface area contributed by atoms with Gasteiger partial charge in [-0.25, -0.2) is 19.3 Å². The van der Waals surface area contributed by atoms with Crippen LogP contribution in [-0.4, -0.2) is 57.6 Å². The summed E-state index contributed by atoms with van der Waals surface area (Å²) >= 11 is 3.48. The van der Waals surface area contributed by atoms with Crippen LogP contribution in [0.2, 0.25) is 0 Å². The fourth-order valence-corrected chi connectivity index (χ4v) is 4.46. The smallest absolute Gasteiger partial charge is 0.239 e. The molecule has 0 bridgehead atoms. The van der Waals surface area contributed by atoms with Gasteiger partial charge in [-0.05, 0) is 59.7 Å². The second-order valence-corrected chi connectivity index (χ2v) is 8.98. The van der Waals surface area contributed by atoms with Crippen LogP contribution in [0, 0.1) is 12.7 Å². The number of nitrogens with one attached hydrogen (secondary N) is 2. The Balaban J connectivity index is 1.31. The average molecular weight is 526 g/mol. The first-order valence-electron chi connectivity index (χ1n) is 11.2. The van der Waals surface area contributed by atoms with E-state index < -0.39 is 5.82 Å². The Morgan fingerprint density at radius 1 is 1.12 bits per heavy atom. The van der Waals surface area contributed by atoms with Gasteiger partial charge in [0.1, 0.15) is 16.6 Å². The van der Waals surface area contributed by atoms with Crippen molar-refractivity contribution < 1.29 is 9.13 Å². The first-order valence-corrected chi connectivity index (χ1v) is 12.0. The number of piperazine rings is 1. The third kappa shape index (κ3) is 4.55. The molecule has 1 aromatic carbocycles. The minimum Gasteiger partial charge on any atom is -0.435 e. The van der Waals surface area contributed by atoms with E-state index in [9.17, 15) is 4.39 Å². The van der Waals surface area contributed by atoms with E-state index in [4.69, 9.17) is 4.74 Å². The van der Waals surface area contributed by atoms with E-state index in [-0.39, 0.29) is 11.6 Å². The molecule has 1 fully saturated rings. The summed E-state index contributed by atoms with van der Waals surface area (Å²) in [6.45, 7) is 9.26. The van der Waals surface area contributed by atoms with Gasteiger partial charge in [-0.2, -0.15) is 0 Å². The van der Waals surface area contributed by atoms with Crippen molar-refractivity contribution in [2.75, 3.05) is 42.9 Å². The van der Waals surface area contributed by atoms with Crippen LogP contribution in [-0.2, 0) is 0 Å². The molecule has 34 heavy (non-hydrogen) atoms. The number of hydrogen-bond donors (Lipinski definition) is 2. The number of likely N-dealkylation sites (N-methyl/N-ethyl adjacent to an activating group) is 1. The van der Waals surface area contributed by atoms with Gasteiger partial charge in [0.25, 0.3) is 0 Å². The van der Waals surface area contributed by atoms with E-state index in [1.807, 2.05) is 25.3 Å². The number of aryl methyl sites for hydroxylation is 1. The number of anilines is 3. The molecule has 10 heteroatoms. The molecule has 8 nitrogen and oxygen atoms in total. The first kappa shape index (κ1) is 22.5. The van der Waals surface area contributed by atoms with Crippen molar-refractivity contribution in [1.29, 1.82) is 0 Å². The summed E-state index contributed by atoms with van der Waals surface area (Å²) in [4.78, 5) is 20.9. The molecular weight excluding hydrogens is 501 g/mol. The molecule has 0 aliphatic carbocycles. The highest BCUT2D eigenvalue weighted by Crippen LogP contribution is 2.36. The number of nitrogens with zero attached hydrogens (tertiary/aromatic N) is 5. The molecule has 1 saturated heterocycles. The molecule has 1 aliphatic rings. The maximum atomic E-state index is 14.9. The van der Waals surface area contributed by atoms with Gasteiger partial charge in [0, 0.05) is 42.8 Å². The number of aromatic amines is 1. The standard InChI is InChI=1S/C24H25BrFN7O/c1-3-32-8-10-33(11-9-32)16-4-7-20(27-13-16)31-23-21(25)24(29-14-28-23)34-19-6-5-18-17(22(19)26)12-15(2)30-18/h4-7,12-14,30H,3,8-11H2,1-2H3,(H,27,28,29,31). The Kier molecular flexibility index (Phi) is 6.34. The molecule has 0 spiro atoms. The Morgan fingerprint density at radius 2 is 1.94 bits per heavy atom. The zero-order valence-electron chi connectivity index (χ0n) is 19.0. The van der Waals surface area contributed by atoms with Gasteiger partial charge < -0.3 is 24.8 Å². The number of fused-ring (bicyclic) bond motifs is 1. The minimum atomic E-state index is -0.445. The number of pyridine rings is 1. The van der Waals surface area contributed by atoms with Crippen molar-refractivity contribution in [2.45, 2.75) is 13.8 Å². The molecule has 4 heterocycles. The summed E-state index contributed by atoms with van der Waals surface area (Å²) in [7, 11) is 0. The molecule has 4 aromatic rings.